The summed E-state index contributed by atoms with van der Waals surface area (Å²) in [4.78, 5) is 14.8. The maximum Gasteiger partial charge on any atom is 0.236 e. The van der Waals surface area contributed by atoms with Gasteiger partial charge in [0.05, 0.1) is 12.5 Å². The molecule has 0 aromatic heterocycles. The standard InChI is InChI=1S/C18H19NO2/c1-14-19(12-13-21-14)18(20)17(15-8-4-2-5-9-15)16-10-6-3-7-11-16/h2-11,14,17H,12-13H2,1H3. The van der Waals surface area contributed by atoms with E-state index in [2.05, 4.69) is 0 Å². The molecule has 1 aliphatic heterocycles. The van der Waals surface area contributed by atoms with Gasteiger partial charge in [0, 0.05) is 6.54 Å². The molecule has 3 nitrogen and oxygen atoms in total. The summed E-state index contributed by atoms with van der Waals surface area (Å²) in [6.07, 6.45) is -0.146. The highest BCUT2D eigenvalue weighted by Crippen LogP contribution is 2.28. The van der Waals surface area contributed by atoms with Crippen LogP contribution in [0.5, 0.6) is 0 Å². The number of carbonyl (C=O) groups excluding carboxylic acids is 1. The number of ether oxygens (including phenoxy) is 1. The van der Waals surface area contributed by atoms with Crippen molar-refractivity contribution in [2.45, 2.75) is 19.1 Å². The lowest BCUT2D eigenvalue weighted by Crippen LogP contribution is -2.38. The van der Waals surface area contributed by atoms with Crippen LogP contribution >= 0.6 is 0 Å². The number of amides is 1. The molecule has 0 spiro atoms. The van der Waals surface area contributed by atoms with Gasteiger partial charge < -0.3 is 9.64 Å². The fourth-order valence-electron chi connectivity index (χ4n) is 2.82. The Hall–Kier alpha value is -2.13. The Kier molecular flexibility index (Phi) is 4.02. The normalized spacial score (nSPS) is 18.2. The second-order valence-corrected chi connectivity index (χ2v) is 5.26. The van der Waals surface area contributed by atoms with E-state index in [1.54, 1.807) is 0 Å². The number of hydrogen-bond donors (Lipinski definition) is 0. The van der Waals surface area contributed by atoms with Crippen LogP contribution in [0.25, 0.3) is 0 Å². The summed E-state index contributed by atoms with van der Waals surface area (Å²) in [5.41, 5.74) is 2.04. The maximum absolute atomic E-state index is 13.0. The molecule has 0 saturated carbocycles. The number of nitrogens with zero attached hydrogens (tertiary/aromatic N) is 1. The van der Waals surface area contributed by atoms with E-state index < -0.39 is 0 Å². The Bertz CT molecular complexity index is 558. The van der Waals surface area contributed by atoms with E-state index in [1.165, 1.54) is 0 Å². The van der Waals surface area contributed by atoms with Crippen LogP contribution in [-0.2, 0) is 9.53 Å². The summed E-state index contributed by atoms with van der Waals surface area (Å²) in [5, 5.41) is 0. The van der Waals surface area contributed by atoms with Crippen molar-refractivity contribution in [2.75, 3.05) is 13.2 Å². The van der Waals surface area contributed by atoms with Crippen molar-refractivity contribution in [3.63, 3.8) is 0 Å². The largest absolute Gasteiger partial charge is 0.357 e. The number of rotatable bonds is 3. The molecule has 1 unspecified atom stereocenters. The lowest BCUT2D eigenvalue weighted by Gasteiger charge is -2.26. The highest BCUT2D eigenvalue weighted by atomic mass is 16.5. The second-order valence-electron chi connectivity index (χ2n) is 5.26. The molecular formula is C18H19NO2. The number of benzene rings is 2. The Balaban J connectivity index is 1.99. The average Bonchev–Trinajstić information content (AvgIpc) is 2.96. The molecule has 3 heteroatoms. The fraction of sp³-hybridized carbons (Fsp3) is 0.278. The van der Waals surface area contributed by atoms with Gasteiger partial charge in [-0.1, -0.05) is 60.7 Å². The maximum atomic E-state index is 13.0. The zero-order valence-corrected chi connectivity index (χ0v) is 12.1. The van der Waals surface area contributed by atoms with Gasteiger partial charge in [-0.2, -0.15) is 0 Å². The summed E-state index contributed by atoms with van der Waals surface area (Å²) in [5.74, 6) is -0.158. The minimum absolute atomic E-state index is 0.109. The van der Waals surface area contributed by atoms with E-state index in [9.17, 15) is 4.79 Å². The third-order valence-electron chi connectivity index (χ3n) is 3.93. The minimum Gasteiger partial charge on any atom is -0.357 e. The molecule has 1 heterocycles. The van der Waals surface area contributed by atoms with Crippen LogP contribution in [0.3, 0.4) is 0 Å². The van der Waals surface area contributed by atoms with Crippen molar-refractivity contribution < 1.29 is 9.53 Å². The third kappa shape index (κ3) is 2.83. The van der Waals surface area contributed by atoms with E-state index in [1.807, 2.05) is 72.5 Å². The first-order valence-electron chi connectivity index (χ1n) is 7.29. The van der Waals surface area contributed by atoms with Crippen molar-refractivity contribution >= 4 is 5.91 Å². The Morgan fingerprint density at radius 1 is 1.05 bits per heavy atom. The molecule has 0 bridgehead atoms. The van der Waals surface area contributed by atoms with Crippen LogP contribution in [-0.4, -0.2) is 30.2 Å². The van der Waals surface area contributed by atoms with Gasteiger partial charge in [0.15, 0.2) is 0 Å². The molecule has 2 aromatic rings. The number of carbonyl (C=O) groups is 1. The van der Waals surface area contributed by atoms with Gasteiger partial charge in [0.25, 0.3) is 0 Å². The summed E-state index contributed by atoms with van der Waals surface area (Å²) in [6, 6.07) is 19.9. The molecule has 1 saturated heterocycles. The first-order chi connectivity index (χ1) is 10.3. The highest BCUT2D eigenvalue weighted by Gasteiger charge is 2.33. The zero-order chi connectivity index (χ0) is 14.7. The molecule has 1 atom stereocenters. The fourth-order valence-corrected chi connectivity index (χ4v) is 2.82. The van der Waals surface area contributed by atoms with Crippen LogP contribution in [0, 0.1) is 0 Å². The first-order valence-corrected chi connectivity index (χ1v) is 7.29. The summed E-state index contributed by atoms with van der Waals surface area (Å²) in [7, 11) is 0. The molecular weight excluding hydrogens is 262 g/mol. The SMILES string of the molecule is CC1OCCN1C(=O)C(c1ccccc1)c1ccccc1. The molecule has 1 fully saturated rings. The smallest absolute Gasteiger partial charge is 0.236 e. The minimum atomic E-state index is -0.267. The van der Waals surface area contributed by atoms with Crippen molar-refractivity contribution in [1.82, 2.24) is 4.90 Å². The van der Waals surface area contributed by atoms with Gasteiger partial charge in [-0.25, -0.2) is 0 Å². The lowest BCUT2D eigenvalue weighted by molar-refractivity contribution is -0.135. The quantitative estimate of drug-likeness (QED) is 0.865. The molecule has 2 aromatic carbocycles. The van der Waals surface area contributed by atoms with E-state index in [0.717, 1.165) is 11.1 Å². The van der Waals surface area contributed by atoms with Crippen LogP contribution < -0.4 is 0 Å². The van der Waals surface area contributed by atoms with E-state index in [0.29, 0.717) is 13.2 Å². The molecule has 108 valence electrons. The van der Waals surface area contributed by atoms with Crippen molar-refractivity contribution in [3.05, 3.63) is 71.8 Å². The molecule has 0 N–H and O–H groups in total. The number of hydrogen-bond acceptors (Lipinski definition) is 2. The van der Waals surface area contributed by atoms with Crippen LogP contribution in [0.15, 0.2) is 60.7 Å². The van der Waals surface area contributed by atoms with Crippen LogP contribution in [0.1, 0.15) is 24.0 Å². The van der Waals surface area contributed by atoms with Gasteiger partial charge in [-0.3, -0.25) is 4.79 Å². The molecule has 0 radical (unpaired) electrons. The average molecular weight is 281 g/mol. The summed E-state index contributed by atoms with van der Waals surface area (Å²) in [6.45, 7) is 3.21. The summed E-state index contributed by atoms with van der Waals surface area (Å²) >= 11 is 0. The van der Waals surface area contributed by atoms with Crippen molar-refractivity contribution in [1.29, 1.82) is 0 Å². The van der Waals surface area contributed by atoms with E-state index in [-0.39, 0.29) is 18.1 Å². The van der Waals surface area contributed by atoms with Gasteiger partial charge in [0.1, 0.15) is 6.23 Å². The van der Waals surface area contributed by atoms with Gasteiger partial charge in [0.2, 0.25) is 5.91 Å². The highest BCUT2D eigenvalue weighted by molar-refractivity contribution is 5.87. The molecule has 1 amide bonds. The molecule has 1 aliphatic rings. The zero-order valence-electron chi connectivity index (χ0n) is 12.1. The van der Waals surface area contributed by atoms with Gasteiger partial charge in [-0.05, 0) is 18.1 Å². The van der Waals surface area contributed by atoms with Crippen LogP contribution in [0.4, 0.5) is 0 Å². The monoisotopic (exact) mass is 281 g/mol. The second kappa shape index (κ2) is 6.10. The Labute approximate surface area is 125 Å². The van der Waals surface area contributed by atoms with E-state index in [4.69, 9.17) is 4.74 Å². The van der Waals surface area contributed by atoms with Crippen LogP contribution in [0.2, 0.25) is 0 Å². The van der Waals surface area contributed by atoms with E-state index >= 15 is 0 Å². The lowest BCUT2D eigenvalue weighted by atomic mass is 9.90. The summed E-state index contributed by atoms with van der Waals surface area (Å²) < 4.78 is 5.51. The van der Waals surface area contributed by atoms with Gasteiger partial charge in [-0.15, -0.1) is 0 Å². The van der Waals surface area contributed by atoms with Crippen molar-refractivity contribution in [2.24, 2.45) is 0 Å². The predicted molar refractivity (Wildman–Crippen MR) is 81.9 cm³/mol. The molecule has 3 rings (SSSR count). The topological polar surface area (TPSA) is 29.5 Å². The van der Waals surface area contributed by atoms with Crippen molar-refractivity contribution in [3.8, 4) is 0 Å². The molecule has 0 aliphatic carbocycles. The molecule has 21 heavy (non-hydrogen) atoms. The van der Waals surface area contributed by atoms with Gasteiger partial charge >= 0.3 is 0 Å². The Morgan fingerprint density at radius 2 is 1.57 bits per heavy atom. The Morgan fingerprint density at radius 3 is 2.00 bits per heavy atom. The first kappa shape index (κ1) is 13.8. The predicted octanol–water partition coefficient (Wildman–Crippen LogP) is 3.02. The third-order valence-corrected chi connectivity index (χ3v) is 3.93.